The van der Waals surface area contributed by atoms with Crippen molar-refractivity contribution in [2.75, 3.05) is 0 Å². The summed E-state index contributed by atoms with van der Waals surface area (Å²) < 4.78 is 127. The van der Waals surface area contributed by atoms with Gasteiger partial charge in [0.05, 0.1) is 0 Å². The molecule has 0 N–H and O–H groups in total. The normalized spacial score (nSPS) is 14.1. The molecule has 0 aliphatic carbocycles. The van der Waals surface area contributed by atoms with Gasteiger partial charge in [0.25, 0.3) is 0 Å². The summed E-state index contributed by atoms with van der Waals surface area (Å²) in [5.41, 5.74) is -8.00. The summed E-state index contributed by atoms with van der Waals surface area (Å²) in [7, 11) is 0. The Morgan fingerprint density at radius 2 is 1.27 bits per heavy atom. The van der Waals surface area contributed by atoms with Gasteiger partial charge in [0, 0.05) is 16.1 Å². The zero-order chi connectivity index (χ0) is 17.6. The van der Waals surface area contributed by atoms with Crippen LogP contribution in [-0.2, 0) is 5.67 Å². The first-order chi connectivity index (χ1) is 9.58. The Bertz CT molecular complexity index is 530. The molecular weight excluding hydrogens is 406 g/mol. The monoisotopic (exact) mass is 407 g/mol. The van der Waals surface area contributed by atoms with Gasteiger partial charge in [-0.15, -0.1) is 13.2 Å². The number of rotatable bonds is 2. The maximum atomic E-state index is 13.7. The molecule has 0 atom stereocenters. The standard InChI is InChI=1S/C10H2BrF10O/c11-5-1-4(2-6(3-5)22-10(19,20)21)7(12,8(13,14)15)9(16,17)18/h1-2H. The third-order valence-corrected chi connectivity index (χ3v) is 2.64. The number of alkyl halides is 10. The van der Waals surface area contributed by atoms with E-state index >= 15 is 0 Å². The molecule has 1 rings (SSSR count). The predicted molar refractivity (Wildman–Crippen MR) is 54.6 cm³/mol. The van der Waals surface area contributed by atoms with Gasteiger partial charge in [-0.25, -0.2) is 4.39 Å². The number of benzene rings is 1. The topological polar surface area (TPSA) is 9.23 Å². The summed E-state index contributed by atoms with van der Waals surface area (Å²) >= 11 is 2.34. The highest BCUT2D eigenvalue weighted by Crippen LogP contribution is 2.54. The fourth-order valence-electron chi connectivity index (χ4n) is 1.38. The van der Waals surface area contributed by atoms with Gasteiger partial charge < -0.3 is 4.74 Å². The Kier molecular flexibility index (Phi) is 4.68. The summed E-state index contributed by atoms with van der Waals surface area (Å²) in [6.07, 6.45) is -18.3. The van der Waals surface area contributed by atoms with Crippen molar-refractivity contribution in [3.63, 3.8) is 0 Å². The van der Waals surface area contributed by atoms with Gasteiger partial charge in [0.1, 0.15) is 5.75 Å². The molecular formula is C10H2BrF10O. The van der Waals surface area contributed by atoms with E-state index in [4.69, 9.17) is 0 Å². The zero-order valence-electron chi connectivity index (χ0n) is 9.72. The van der Waals surface area contributed by atoms with Crippen LogP contribution in [0.5, 0.6) is 5.75 Å². The first-order valence-electron chi connectivity index (χ1n) is 4.89. The van der Waals surface area contributed by atoms with Crippen LogP contribution < -0.4 is 4.74 Å². The lowest BCUT2D eigenvalue weighted by molar-refractivity contribution is -0.348. The van der Waals surface area contributed by atoms with Crippen molar-refractivity contribution in [1.82, 2.24) is 0 Å². The second-order valence-corrected chi connectivity index (χ2v) is 4.64. The van der Waals surface area contributed by atoms with Gasteiger partial charge in [-0.05, 0) is 12.1 Å². The highest BCUT2D eigenvalue weighted by molar-refractivity contribution is 9.10. The first kappa shape index (κ1) is 18.8. The summed E-state index contributed by atoms with van der Waals surface area (Å²) in [6, 6.07) is 1.28. The first-order valence-corrected chi connectivity index (χ1v) is 5.68. The molecule has 0 saturated carbocycles. The third-order valence-electron chi connectivity index (χ3n) is 2.22. The SMILES string of the molecule is FC(F)(F)Oc1[c]c(Br)cc(C(F)(C(F)(F)F)C(F)(F)F)c1. The van der Waals surface area contributed by atoms with Crippen molar-refractivity contribution < 1.29 is 48.6 Å². The Balaban J connectivity index is 3.52. The van der Waals surface area contributed by atoms with Crippen molar-refractivity contribution in [3.05, 3.63) is 28.2 Å². The van der Waals surface area contributed by atoms with Crippen molar-refractivity contribution >= 4 is 15.9 Å². The van der Waals surface area contributed by atoms with E-state index in [0.717, 1.165) is 0 Å². The van der Waals surface area contributed by atoms with Gasteiger partial charge in [-0.3, -0.25) is 0 Å². The molecule has 0 fully saturated rings. The third kappa shape index (κ3) is 3.76. The average molecular weight is 408 g/mol. The van der Waals surface area contributed by atoms with Gasteiger partial charge in [-0.1, -0.05) is 15.9 Å². The summed E-state index contributed by atoms with van der Waals surface area (Å²) in [5.74, 6) is -1.56. The Labute approximate surface area is 124 Å². The van der Waals surface area contributed by atoms with Crippen LogP contribution in [0.4, 0.5) is 43.9 Å². The number of halogens is 11. The average Bonchev–Trinajstić information content (AvgIpc) is 2.21. The highest BCUT2D eigenvalue weighted by Gasteiger charge is 2.73. The van der Waals surface area contributed by atoms with E-state index in [-0.39, 0.29) is 12.1 Å². The lowest BCUT2D eigenvalue weighted by Crippen LogP contribution is -2.50. The number of ether oxygens (including phenoxy) is 1. The summed E-state index contributed by atoms with van der Waals surface area (Å²) in [6.45, 7) is 0. The van der Waals surface area contributed by atoms with Crippen LogP contribution in [0.2, 0.25) is 0 Å². The molecule has 0 aromatic heterocycles. The van der Waals surface area contributed by atoms with E-state index < -0.39 is 40.2 Å². The van der Waals surface area contributed by atoms with Gasteiger partial charge in [-0.2, -0.15) is 26.3 Å². The van der Waals surface area contributed by atoms with E-state index in [1.807, 2.05) is 0 Å². The molecule has 1 nitrogen and oxygen atoms in total. The molecule has 125 valence electrons. The minimum Gasteiger partial charge on any atom is -0.405 e. The minimum absolute atomic E-state index is 0.00418. The lowest BCUT2D eigenvalue weighted by atomic mass is 9.94. The Morgan fingerprint density at radius 1 is 0.818 bits per heavy atom. The lowest BCUT2D eigenvalue weighted by Gasteiger charge is -2.30. The van der Waals surface area contributed by atoms with Crippen LogP contribution in [-0.4, -0.2) is 18.7 Å². The van der Waals surface area contributed by atoms with Crippen LogP contribution >= 0.6 is 15.9 Å². The Morgan fingerprint density at radius 3 is 1.64 bits per heavy atom. The molecule has 0 bridgehead atoms. The Hall–Kier alpha value is -1.20. The maximum Gasteiger partial charge on any atom is 0.573 e. The molecule has 0 heterocycles. The maximum absolute atomic E-state index is 13.7. The molecule has 0 aliphatic rings. The molecule has 1 radical (unpaired) electrons. The van der Waals surface area contributed by atoms with E-state index in [1.165, 1.54) is 0 Å². The minimum atomic E-state index is -6.46. The van der Waals surface area contributed by atoms with Gasteiger partial charge in [0.2, 0.25) is 0 Å². The van der Waals surface area contributed by atoms with Gasteiger partial charge >= 0.3 is 24.4 Å². The molecule has 1 aromatic rings. The quantitative estimate of drug-likeness (QED) is 0.593. The van der Waals surface area contributed by atoms with Crippen LogP contribution in [0.1, 0.15) is 5.56 Å². The van der Waals surface area contributed by atoms with Crippen LogP contribution in [0.25, 0.3) is 0 Å². The molecule has 1 aromatic carbocycles. The number of hydrogen-bond acceptors (Lipinski definition) is 1. The van der Waals surface area contributed by atoms with Gasteiger partial charge in [0.15, 0.2) is 0 Å². The van der Waals surface area contributed by atoms with Crippen LogP contribution in [0.15, 0.2) is 16.6 Å². The molecule has 0 amide bonds. The molecule has 0 spiro atoms. The fraction of sp³-hybridized carbons (Fsp3) is 0.400. The summed E-state index contributed by atoms with van der Waals surface area (Å²) in [4.78, 5) is 0. The molecule has 22 heavy (non-hydrogen) atoms. The van der Waals surface area contributed by atoms with Crippen molar-refractivity contribution in [1.29, 1.82) is 0 Å². The molecule has 0 unspecified atom stereocenters. The van der Waals surface area contributed by atoms with Crippen LogP contribution in [0, 0.1) is 6.07 Å². The van der Waals surface area contributed by atoms with E-state index in [0.29, 0.717) is 0 Å². The van der Waals surface area contributed by atoms with E-state index in [2.05, 4.69) is 20.7 Å². The van der Waals surface area contributed by atoms with E-state index in [9.17, 15) is 43.9 Å². The van der Waals surface area contributed by atoms with Crippen molar-refractivity contribution in [2.24, 2.45) is 0 Å². The second-order valence-electron chi connectivity index (χ2n) is 3.78. The molecule has 12 heteroatoms. The molecule has 0 aliphatic heterocycles. The smallest absolute Gasteiger partial charge is 0.405 e. The largest absolute Gasteiger partial charge is 0.573 e. The second kappa shape index (κ2) is 5.46. The highest BCUT2D eigenvalue weighted by atomic mass is 79.9. The predicted octanol–water partition coefficient (Wildman–Crippen LogP) is 5.44. The molecule has 0 saturated heterocycles. The van der Waals surface area contributed by atoms with Crippen LogP contribution in [0.3, 0.4) is 0 Å². The van der Waals surface area contributed by atoms with E-state index in [1.54, 1.807) is 6.07 Å². The van der Waals surface area contributed by atoms with Crippen molar-refractivity contribution in [3.8, 4) is 5.75 Å². The van der Waals surface area contributed by atoms with Crippen molar-refractivity contribution in [2.45, 2.75) is 24.4 Å². The summed E-state index contributed by atoms with van der Waals surface area (Å²) in [5, 5.41) is 0. The number of hydrogen-bond donors (Lipinski definition) is 0. The zero-order valence-corrected chi connectivity index (χ0v) is 11.3. The fourth-order valence-corrected chi connectivity index (χ4v) is 1.82.